The third-order valence-electron chi connectivity index (χ3n) is 2.84. The number of benzene rings is 1. The summed E-state index contributed by atoms with van der Waals surface area (Å²) in [6, 6.07) is 6.47. The van der Waals surface area contributed by atoms with Gasteiger partial charge in [0.25, 0.3) is 0 Å². The Morgan fingerprint density at radius 1 is 1.29 bits per heavy atom. The Hall–Kier alpha value is -1.61. The zero-order valence-corrected chi connectivity index (χ0v) is 10.7. The molecule has 0 aliphatic heterocycles. The summed E-state index contributed by atoms with van der Waals surface area (Å²) in [4.78, 5) is 7.73. The maximum Gasteiger partial charge on any atom is 0.120 e. The van der Waals surface area contributed by atoms with Crippen LogP contribution in [-0.4, -0.2) is 16.5 Å². The van der Waals surface area contributed by atoms with Crippen LogP contribution in [0.25, 0.3) is 11.3 Å². The molecule has 1 aromatic heterocycles. The van der Waals surface area contributed by atoms with E-state index < -0.39 is 0 Å². The normalized spacial score (nSPS) is 10.8. The first-order valence-electron chi connectivity index (χ1n) is 6.03. The fourth-order valence-electron chi connectivity index (χ4n) is 1.95. The summed E-state index contributed by atoms with van der Waals surface area (Å²) in [5, 5.41) is 3.26. The molecule has 0 spiro atoms. The predicted octanol–water partition coefficient (Wildman–Crippen LogP) is 2.80. The number of nitrogens with one attached hydrogen (secondary N) is 2. The molecular formula is C14H19N3. The Bertz CT molecular complexity index is 500. The zero-order chi connectivity index (χ0) is 12.3. The third kappa shape index (κ3) is 2.74. The largest absolute Gasteiger partial charge is 0.341 e. The van der Waals surface area contributed by atoms with Crippen LogP contribution < -0.4 is 5.32 Å². The van der Waals surface area contributed by atoms with Crippen LogP contribution in [0.3, 0.4) is 0 Å². The molecule has 3 heteroatoms. The van der Waals surface area contributed by atoms with E-state index in [4.69, 9.17) is 0 Å². The van der Waals surface area contributed by atoms with Gasteiger partial charge in [-0.2, -0.15) is 0 Å². The van der Waals surface area contributed by atoms with E-state index >= 15 is 0 Å². The van der Waals surface area contributed by atoms with Gasteiger partial charge in [-0.1, -0.05) is 30.7 Å². The second-order valence-corrected chi connectivity index (χ2v) is 4.34. The molecule has 1 heterocycles. The molecular weight excluding hydrogens is 210 g/mol. The highest BCUT2D eigenvalue weighted by Gasteiger charge is 2.05. The Morgan fingerprint density at radius 3 is 2.82 bits per heavy atom. The molecule has 17 heavy (non-hydrogen) atoms. The van der Waals surface area contributed by atoms with Crippen molar-refractivity contribution in [3.05, 3.63) is 41.3 Å². The first kappa shape index (κ1) is 11.9. The molecule has 0 radical (unpaired) electrons. The number of hydrogen-bond donors (Lipinski definition) is 2. The van der Waals surface area contributed by atoms with Crippen molar-refractivity contribution < 1.29 is 0 Å². The molecule has 0 saturated carbocycles. The van der Waals surface area contributed by atoms with E-state index in [1.807, 2.05) is 6.20 Å². The van der Waals surface area contributed by atoms with Gasteiger partial charge in [0.15, 0.2) is 0 Å². The molecule has 0 fully saturated rings. The number of hydrogen-bond acceptors (Lipinski definition) is 2. The minimum atomic E-state index is 0.793. The lowest BCUT2D eigenvalue weighted by Crippen LogP contribution is -2.12. The number of rotatable bonds is 4. The van der Waals surface area contributed by atoms with E-state index in [9.17, 15) is 0 Å². The molecule has 90 valence electrons. The van der Waals surface area contributed by atoms with Gasteiger partial charge in [0.05, 0.1) is 18.4 Å². The summed E-state index contributed by atoms with van der Waals surface area (Å²) < 4.78 is 0. The first-order valence-corrected chi connectivity index (χ1v) is 6.03. The Labute approximate surface area is 102 Å². The number of H-pyrrole nitrogens is 1. The topological polar surface area (TPSA) is 40.7 Å². The van der Waals surface area contributed by atoms with E-state index in [2.05, 4.69) is 54.3 Å². The van der Waals surface area contributed by atoms with Crippen LogP contribution in [0.2, 0.25) is 0 Å². The van der Waals surface area contributed by atoms with Crippen molar-refractivity contribution in [3.63, 3.8) is 0 Å². The summed E-state index contributed by atoms with van der Waals surface area (Å²) >= 11 is 0. The molecule has 0 amide bonds. The van der Waals surface area contributed by atoms with Crippen LogP contribution in [-0.2, 0) is 6.54 Å². The van der Waals surface area contributed by atoms with Crippen LogP contribution >= 0.6 is 0 Å². The van der Waals surface area contributed by atoms with E-state index in [0.29, 0.717) is 0 Å². The maximum absolute atomic E-state index is 4.38. The van der Waals surface area contributed by atoms with Crippen LogP contribution in [0, 0.1) is 13.8 Å². The lowest BCUT2D eigenvalue weighted by molar-refractivity contribution is 0.698. The van der Waals surface area contributed by atoms with Crippen molar-refractivity contribution in [2.45, 2.75) is 27.3 Å². The lowest BCUT2D eigenvalue weighted by Gasteiger charge is -2.04. The SMILES string of the molecule is CCNCc1ncc(-c2ccc(C)cc2C)[nH]1. The second-order valence-electron chi connectivity index (χ2n) is 4.34. The van der Waals surface area contributed by atoms with E-state index in [1.54, 1.807) is 0 Å². The molecule has 0 bridgehead atoms. The Balaban J connectivity index is 2.24. The minimum absolute atomic E-state index is 0.793. The highest BCUT2D eigenvalue weighted by molar-refractivity contribution is 5.63. The summed E-state index contributed by atoms with van der Waals surface area (Å²) in [5.41, 5.74) is 4.89. The average Bonchev–Trinajstić information content (AvgIpc) is 2.75. The van der Waals surface area contributed by atoms with E-state index in [0.717, 1.165) is 24.6 Å². The smallest absolute Gasteiger partial charge is 0.120 e. The van der Waals surface area contributed by atoms with Gasteiger partial charge in [0.2, 0.25) is 0 Å². The van der Waals surface area contributed by atoms with Gasteiger partial charge in [-0.05, 0) is 26.0 Å². The summed E-state index contributed by atoms with van der Waals surface area (Å²) in [6.45, 7) is 8.09. The van der Waals surface area contributed by atoms with Crippen LogP contribution in [0.4, 0.5) is 0 Å². The molecule has 0 unspecified atom stereocenters. The van der Waals surface area contributed by atoms with Gasteiger partial charge < -0.3 is 10.3 Å². The first-order chi connectivity index (χ1) is 8.20. The van der Waals surface area contributed by atoms with Crippen molar-refractivity contribution in [2.24, 2.45) is 0 Å². The zero-order valence-electron chi connectivity index (χ0n) is 10.7. The second kappa shape index (κ2) is 5.15. The lowest BCUT2D eigenvalue weighted by atomic mass is 10.0. The van der Waals surface area contributed by atoms with Crippen LogP contribution in [0.1, 0.15) is 23.9 Å². The van der Waals surface area contributed by atoms with Gasteiger partial charge in [-0.3, -0.25) is 0 Å². The summed E-state index contributed by atoms with van der Waals surface area (Å²) in [7, 11) is 0. The van der Waals surface area contributed by atoms with Gasteiger partial charge in [0.1, 0.15) is 5.82 Å². The molecule has 2 aromatic rings. The molecule has 0 aliphatic rings. The fourth-order valence-corrected chi connectivity index (χ4v) is 1.95. The highest BCUT2D eigenvalue weighted by atomic mass is 15.0. The van der Waals surface area contributed by atoms with Crippen molar-refractivity contribution in [1.82, 2.24) is 15.3 Å². The number of aromatic nitrogens is 2. The summed E-state index contributed by atoms with van der Waals surface area (Å²) in [6.07, 6.45) is 1.91. The van der Waals surface area contributed by atoms with Crippen molar-refractivity contribution in [2.75, 3.05) is 6.54 Å². The van der Waals surface area contributed by atoms with Gasteiger partial charge in [0, 0.05) is 5.56 Å². The molecule has 3 nitrogen and oxygen atoms in total. The standard InChI is InChI=1S/C14H19N3/c1-4-15-9-14-16-8-13(17-14)12-6-5-10(2)7-11(12)3/h5-8,15H,4,9H2,1-3H3,(H,16,17). The number of nitrogens with zero attached hydrogens (tertiary/aromatic N) is 1. The number of aromatic amines is 1. The van der Waals surface area contributed by atoms with E-state index in [1.165, 1.54) is 16.7 Å². The minimum Gasteiger partial charge on any atom is -0.341 e. The Morgan fingerprint density at radius 2 is 2.12 bits per heavy atom. The molecule has 0 aliphatic carbocycles. The van der Waals surface area contributed by atoms with E-state index in [-0.39, 0.29) is 0 Å². The predicted molar refractivity (Wildman–Crippen MR) is 70.9 cm³/mol. The molecule has 0 saturated heterocycles. The molecule has 0 atom stereocenters. The van der Waals surface area contributed by atoms with Crippen LogP contribution in [0.15, 0.2) is 24.4 Å². The third-order valence-corrected chi connectivity index (χ3v) is 2.84. The van der Waals surface area contributed by atoms with Gasteiger partial charge in [-0.15, -0.1) is 0 Å². The van der Waals surface area contributed by atoms with Crippen LogP contribution in [0.5, 0.6) is 0 Å². The molecule has 2 rings (SSSR count). The van der Waals surface area contributed by atoms with Crippen molar-refractivity contribution in [1.29, 1.82) is 0 Å². The highest BCUT2D eigenvalue weighted by Crippen LogP contribution is 2.22. The number of imidazole rings is 1. The van der Waals surface area contributed by atoms with Crippen molar-refractivity contribution >= 4 is 0 Å². The van der Waals surface area contributed by atoms with Gasteiger partial charge in [-0.25, -0.2) is 4.98 Å². The number of aryl methyl sites for hydroxylation is 2. The summed E-state index contributed by atoms with van der Waals surface area (Å²) in [5.74, 6) is 0.988. The van der Waals surface area contributed by atoms with Gasteiger partial charge >= 0.3 is 0 Å². The molecule has 1 aromatic carbocycles. The average molecular weight is 229 g/mol. The molecule has 2 N–H and O–H groups in total. The monoisotopic (exact) mass is 229 g/mol. The Kier molecular flexibility index (Phi) is 3.59. The van der Waals surface area contributed by atoms with Crippen molar-refractivity contribution in [3.8, 4) is 11.3 Å². The fraction of sp³-hybridized carbons (Fsp3) is 0.357. The quantitative estimate of drug-likeness (QED) is 0.846. The maximum atomic E-state index is 4.38.